The second kappa shape index (κ2) is 12.5. The van der Waals surface area contributed by atoms with Gasteiger partial charge < -0.3 is 15.8 Å². The van der Waals surface area contributed by atoms with Crippen molar-refractivity contribution in [1.29, 1.82) is 0 Å². The molecule has 126 valence electrons. The summed E-state index contributed by atoms with van der Waals surface area (Å²) in [6, 6.07) is 0.583. The first-order valence-corrected chi connectivity index (χ1v) is 8.03. The molecule has 0 aliphatic carbocycles. The van der Waals surface area contributed by atoms with Gasteiger partial charge in [0.1, 0.15) is 0 Å². The van der Waals surface area contributed by atoms with Crippen LogP contribution in [0.1, 0.15) is 46.5 Å². The van der Waals surface area contributed by atoms with E-state index in [1.807, 2.05) is 0 Å². The van der Waals surface area contributed by atoms with Crippen LogP contribution in [0.5, 0.6) is 0 Å². The number of rotatable bonds is 9. The Morgan fingerprint density at radius 3 is 2.86 bits per heavy atom. The number of hydrogen-bond donors (Lipinski definition) is 2. The van der Waals surface area contributed by atoms with Crippen molar-refractivity contribution in [3.63, 3.8) is 0 Å². The molecule has 0 radical (unpaired) electrons. The fourth-order valence-electron chi connectivity index (χ4n) is 2.54. The topological polar surface area (TPSA) is 62.9 Å². The van der Waals surface area contributed by atoms with E-state index in [0.29, 0.717) is 18.1 Å². The molecule has 1 rings (SSSR count). The normalized spacial score (nSPS) is 19.8. The van der Waals surface area contributed by atoms with Gasteiger partial charge in [0.25, 0.3) is 0 Å². The average molecular weight is 412 g/mol. The molecule has 0 spiro atoms. The smallest absolute Gasteiger partial charge is 0.188 e. The van der Waals surface area contributed by atoms with E-state index >= 15 is 0 Å². The van der Waals surface area contributed by atoms with E-state index in [-0.39, 0.29) is 24.0 Å². The highest BCUT2D eigenvalue weighted by atomic mass is 127. The van der Waals surface area contributed by atoms with E-state index in [9.17, 15) is 0 Å². The Kier molecular flexibility index (Phi) is 12.4. The molecule has 0 aromatic heterocycles. The predicted molar refractivity (Wildman–Crippen MR) is 100 cm³/mol. The summed E-state index contributed by atoms with van der Waals surface area (Å²) in [6.07, 6.45) is 4.98. The van der Waals surface area contributed by atoms with Crippen molar-refractivity contribution >= 4 is 29.9 Å². The summed E-state index contributed by atoms with van der Waals surface area (Å²) < 4.78 is 5.49. The van der Waals surface area contributed by atoms with E-state index in [2.05, 4.69) is 36.0 Å². The molecule has 0 aromatic carbocycles. The second-order valence-corrected chi connectivity index (χ2v) is 5.70. The molecule has 3 N–H and O–H groups in total. The molecule has 21 heavy (non-hydrogen) atoms. The van der Waals surface area contributed by atoms with Crippen molar-refractivity contribution in [3.05, 3.63) is 0 Å². The highest BCUT2D eigenvalue weighted by Gasteiger charge is 2.22. The number of ether oxygens (including phenoxy) is 1. The summed E-state index contributed by atoms with van der Waals surface area (Å²) in [4.78, 5) is 6.95. The second-order valence-electron chi connectivity index (χ2n) is 5.70. The SMILES string of the molecule is CCN1CCCC1CN=C(N)NCCCCOC(C)C.I. The Morgan fingerprint density at radius 2 is 2.19 bits per heavy atom. The standard InChI is InChI=1S/C15H32N4O.HI/c1-4-19-10-7-8-14(19)12-18-15(16)17-9-5-6-11-20-13(2)3;/h13-14H,4-12H2,1-3H3,(H3,16,17,18);1H. The van der Waals surface area contributed by atoms with Gasteiger partial charge in [-0.25, -0.2) is 0 Å². The molecule has 1 aliphatic rings. The van der Waals surface area contributed by atoms with Gasteiger partial charge in [0.2, 0.25) is 0 Å². The third-order valence-electron chi connectivity index (χ3n) is 3.71. The van der Waals surface area contributed by atoms with Crippen molar-refractivity contribution in [2.24, 2.45) is 10.7 Å². The third kappa shape index (κ3) is 9.52. The number of nitrogens with zero attached hydrogens (tertiary/aromatic N) is 2. The van der Waals surface area contributed by atoms with Crippen LogP contribution in [0.2, 0.25) is 0 Å². The number of likely N-dealkylation sites (tertiary alicyclic amines) is 1. The minimum Gasteiger partial charge on any atom is -0.379 e. The fourth-order valence-corrected chi connectivity index (χ4v) is 2.54. The van der Waals surface area contributed by atoms with Gasteiger partial charge in [0, 0.05) is 19.2 Å². The summed E-state index contributed by atoms with van der Waals surface area (Å²) in [5, 5.41) is 3.18. The van der Waals surface area contributed by atoms with Crippen LogP contribution in [0.25, 0.3) is 0 Å². The van der Waals surface area contributed by atoms with E-state index in [0.717, 1.165) is 39.1 Å². The van der Waals surface area contributed by atoms with E-state index in [1.54, 1.807) is 0 Å². The first kappa shape index (κ1) is 20.9. The molecular formula is C15H33IN4O. The average Bonchev–Trinajstić information content (AvgIpc) is 2.87. The van der Waals surface area contributed by atoms with Gasteiger partial charge >= 0.3 is 0 Å². The number of nitrogens with two attached hydrogens (primary N) is 1. The summed E-state index contributed by atoms with van der Waals surface area (Å²) >= 11 is 0. The maximum absolute atomic E-state index is 5.89. The Bertz CT molecular complexity index is 287. The zero-order valence-electron chi connectivity index (χ0n) is 13.8. The lowest BCUT2D eigenvalue weighted by molar-refractivity contribution is 0.0762. The Labute approximate surface area is 147 Å². The molecule has 1 heterocycles. The minimum absolute atomic E-state index is 0. The van der Waals surface area contributed by atoms with Crippen molar-refractivity contribution < 1.29 is 4.74 Å². The van der Waals surface area contributed by atoms with Gasteiger partial charge in [-0.2, -0.15) is 0 Å². The molecule has 0 saturated carbocycles. The van der Waals surface area contributed by atoms with Crippen molar-refractivity contribution in [1.82, 2.24) is 10.2 Å². The largest absolute Gasteiger partial charge is 0.379 e. The monoisotopic (exact) mass is 412 g/mol. The van der Waals surface area contributed by atoms with Crippen molar-refractivity contribution in [2.45, 2.75) is 58.6 Å². The number of guanidine groups is 1. The summed E-state index contributed by atoms with van der Waals surface area (Å²) in [7, 11) is 0. The molecule has 0 bridgehead atoms. The maximum Gasteiger partial charge on any atom is 0.188 e. The zero-order chi connectivity index (χ0) is 14.8. The van der Waals surface area contributed by atoms with E-state index in [1.165, 1.54) is 19.4 Å². The molecule has 1 fully saturated rings. The number of aliphatic imine (C=N–C) groups is 1. The van der Waals surface area contributed by atoms with Gasteiger partial charge in [0.15, 0.2) is 5.96 Å². The van der Waals surface area contributed by atoms with Crippen LogP contribution < -0.4 is 11.1 Å². The summed E-state index contributed by atoms with van der Waals surface area (Å²) in [6.45, 7) is 11.2. The lowest BCUT2D eigenvalue weighted by atomic mass is 10.2. The molecule has 0 aromatic rings. The molecule has 1 unspecified atom stereocenters. The zero-order valence-corrected chi connectivity index (χ0v) is 16.1. The number of likely N-dealkylation sites (N-methyl/N-ethyl adjacent to an activating group) is 1. The summed E-state index contributed by atoms with van der Waals surface area (Å²) in [5.74, 6) is 0.581. The first-order valence-electron chi connectivity index (χ1n) is 8.03. The molecule has 5 nitrogen and oxygen atoms in total. The Hall–Kier alpha value is -0.0800. The van der Waals surface area contributed by atoms with Gasteiger partial charge in [-0.15, -0.1) is 24.0 Å². The van der Waals surface area contributed by atoms with Crippen LogP contribution in [-0.2, 0) is 4.74 Å². The van der Waals surface area contributed by atoms with E-state index < -0.39 is 0 Å². The molecular weight excluding hydrogens is 379 g/mol. The maximum atomic E-state index is 5.89. The number of nitrogens with one attached hydrogen (secondary N) is 1. The lowest BCUT2D eigenvalue weighted by Crippen LogP contribution is -2.36. The minimum atomic E-state index is 0. The molecule has 0 amide bonds. The van der Waals surface area contributed by atoms with Crippen LogP contribution in [0.3, 0.4) is 0 Å². The quantitative estimate of drug-likeness (QED) is 0.264. The van der Waals surface area contributed by atoms with Crippen LogP contribution in [0.15, 0.2) is 4.99 Å². The number of unbranched alkanes of at least 4 members (excludes halogenated alkanes) is 1. The lowest BCUT2D eigenvalue weighted by Gasteiger charge is -2.20. The molecule has 6 heteroatoms. The van der Waals surface area contributed by atoms with Crippen molar-refractivity contribution in [2.75, 3.05) is 32.8 Å². The van der Waals surface area contributed by atoms with Gasteiger partial charge in [0.05, 0.1) is 12.6 Å². The van der Waals surface area contributed by atoms with Crippen LogP contribution in [-0.4, -0.2) is 55.8 Å². The first-order chi connectivity index (χ1) is 9.63. The predicted octanol–water partition coefficient (Wildman–Crippen LogP) is 2.20. The number of halogens is 1. The Balaban J connectivity index is 0.00000400. The molecule has 1 atom stereocenters. The molecule has 1 aliphatic heterocycles. The number of hydrogen-bond acceptors (Lipinski definition) is 3. The van der Waals surface area contributed by atoms with Crippen molar-refractivity contribution in [3.8, 4) is 0 Å². The Morgan fingerprint density at radius 1 is 1.43 bits per heavy atom. The van der Waals surface area contributed by atoms with Gasteiger partial charge in [-0.1, -0.05) is 6.92 Å². The van der Waals surface area contributed by atoms with Gasteiger partial charge in [-0.3, -0.25) is 9.89 Å². The van der Waals surface area contributed by atoms with Crippen LogP contribution >= 0.6 is 24.0 Å². The highest BCUT2D eigenvalue weighted by Crippen LogP contribution is 2.16. The fraction of sp³-hybridized carbons (Fsp3) is 0.933. The third-order valence-corrected chi connectivity index (χ3v) is 3.71. The van der Waals surface area contributed by atoms with Gasteiger partial charge in [-0.05, 0) is 52.6 Å². The van der Waals surface area contributed by atoms with E-state index in [4.69, 9.17) is 10.5 Å². The van der Waals surface area contributed by atoms with Crippen LogP contribution in [0, 0.1) is 0 Å². The van der Waals surface area contributed by atoms with Crippen LogP contribution in [0.4, 0.5) is 0 Å². The highest BCUT2D eigenvalue weighted by molar-refractivity contribution is 14.0. The molecule has 1 saturated heterocycles. The summed E-state index contributed by atoms with van der Waals surface area (Å²) in [5.41, 5.74) is 5.89.